The van der Waals surface area contributed by atoms with Crippen molar-refractivity contribution in [3.05, 3.63) is 53.6 Å². The van der Waals surface area contributed by atoms with Crippen molar-refractivity contribution in [3.63, 3.8) is 0 Å². The van der Waals surface area contributed by atoms with Crippen LogP contribution in [0.25, 0.3) is 0 Å². The Morgan fingerprint density at radius 3 is 2.47 bits per heavy atom. The molecule has 5 nitrogen and oxygen atoms in total. The number of hydrogen-bond acceptors (Lipinski definition) is 4. The second-order valence-corrected chi connectivity index (χ2v) is 10.3. The zero-order valence-corrected chi connectivity index (χ0v) is 17.9. The number of hydrogen-bond donors (Lipinski definition) is 0. The van der Waals surface area contributed by atoms with Gasteiger partial charge in [-0.2, -0.15) is 13.1 Å². The minimum absolute atomic E-state index is 0.223. The molecule has 0 spiro atoms. The van der Waals surface area contributed by atoms with E-state index in [1.54, 1.807) is 30.3 Å². The Morgan fingerprint density at radius 2 is 1.73 bits per heavy atom. The fourth-order valence-electron chi connectivity index (χ4n) is 3.99. The lowest BCUT2D eigenvalue weighted by atomic mass is 10.1. The molecule has 0 atom stereocenters. The summed E-state index contributed by atoms with van der Waals surface area (Å²) in [5, 5.41) is 0. The molecule has 0 N–H and O–H groups in total. The Hall–Kier alpha value is -1.97. The summed E-state index contributed by atoms with van der Waals surface area (Å²) >= 11 is 0.349. The number of nitrogens with zero attached hydrogens (tertiary/aromatic N) is 2. The quantitative estimate of drug-likeness (QED) is 0.632. The van der Waals surface area contributed by atoms with E-state index in [4.69, 9.17) is 0 Å². The first kappa shape index (κ1) is 21.3. The van der Waals surface area contributed by atoms with Crippen LogP contribution in [0.1, 0.15) is 35.2 Å². The fraction of sp³-hybridized carbons (Fsp3) is 0.381. The Bertz CT molecular complexity index is 1050. The van der Waals surface area contributed by atoms with Crippen LogP contribution in [0.5, 0.6) is 0 Å². The van der Waals surface area contributed by atoms with E-state index >= 15 is 0 Å². The molecule has 1 fully saturated rings. The van der Waals surface area contributed by atoms with E-state index in [9.17, 15) is 22.0 Å². The zero-order valence-electron chi connectivity index (χ0n) is 16.3. The summed E-state index contributed by atoms with van der Waals surface area (Å²) < 4.78 is 53.1. The standard InChI is InChI=1S/C21H22F2N2O3S2/c22-21(23)29-19-7-3-2-6-17(19)20(26)25-13-10-15-14-16(8-9-18(15)25)30(27,28)24-11-4-1-5-12-24/h2-3,6-9,14,21H,1,4-5,10-13H2. The molecule has 2 aliphatic rings. The number of anilines is 1. The van der Waals surface area contributed by atoms with Crippen molar-refractivity contribution in [2.75, 3.05) is 24.5 Å². The topological polar surface area (TPSA) is 57.7 Å². The molecule has 1 amide bonds. The molecule has 0 aromatic heterocycles. The number of rotatable bonds is 5. The number of amides is 1. The van der Waals surface area contributed by atoms with Gasteiger partial charge in [-0.3, -0.25) is 4.79 Å². The van der Waals surface area contributed by atoms with Crippen LogP contribution < -0.4 is 4.90 Å². The fourth-order valence-corrected chi connectivity index (χ4v) is 6.19. The zero-order chi connectivity index (χ0) is 21.3. The first-order chi connectivity index (χ1) is 14.4. The predicted octanol–water partition coefficient (Wildman–Crippen LogP) is 4.38. The first-order valence-corrected chi connectivity index (χ1v) is 12.2. The highest BCUT2D eigenvalue weighted by atomic mass is 32.2. The Balaban J connectivity index is 1.61. The molecule has 2 heterocycles. The van der Waals surface area contributed by atoms with Crippen molar-refractivity contribution in [2.24, 2.45) is 0 Å². The summed E-state index contributed by atoms with van der Waals surface area (Å²) in [6, 6.07) is 11.2. The number of alkyl halides is 2. The highest BCUT2D eigenvalue weighted by Gasteiger charge is 2.31. The van der Waals surface area contributed by atoms with Crippen molar-refractivity contribution >= 4 is 33.4 Å². The van der Waals surface area contributed by atoms with Crippen LogP contribution in [0.15, 0.2) is 52.3 Å². The van der Waals surface area contributed by atoms with Crippen molar-refractivity contribution in [3.8, 4) is 0 Å². The summed E-state index contributed by atoms with van der Waals surface area (Å²) in [5.41, 5.74) is 1.63. The molecule has 0 aliphatic carbocycles. The highest BCUT2D eigenvalue weighted by Crippen LogP contribution is 2.35. The molecule has 4 rings (SSSR count). The summed E-state index contributed by atoms with van der Waals surface area (Å²) in [5.74, 6) is -2.98. The molecule has 9 heteroatoms. The Morgan fingerprint density at radius 1 is 1.00 bits per heavy atom. The van der Waals surface area contributed by atoms with Gasteiger partial charge < -0.3 is 4.90 Å². The highest BCUT2D eigenvalue weighted by molar-refractivity contribution is 7.99. The second kappa shape index (κ2) is 8.64. The number of benzene rings is 2. The number of halogens is 2. The largest absolute Gasteiger partial charge is 0.308 e. The maximum absolute atomic E-state index is 13.1. The van der Waals surface area contributed by atoms with E-state index in [2.05, 4.69) is 0 Å². The number of piperidine rings is 1. The molecule has 0 unspecified atom stereocenters. The molecular weight excluding hydrogens is 430 g/mol. The van der Waals surface area contributed by atoms with Gasteiger partial charge in [0.1, 0.15) is 0 Å². The van der Waals surface area contributed by atoms with Crippen LogP contribution in [0.3, 0.4) is 0 Å². The van der Waals surface area contributed by atoms with E-state index < -0.39 is 15.8 Å². The van der Waals surface area contributed by atoms with Gasteiger partial charge in [0, 0.05) is 30.2 Å². The molecule has 1 saturated heterocycles. The molecule has 0 bridgehead atoms. The lowest BCUT2D eigenvalue weighted by molar-refractivity contribution is 0.0986. The van der Waals surface area contributed by atoms with Crippen LogP contribution >= 0.6 is 11.8 Å². The number of sulfonamides is 1. The van der Waals surface area contributed by atoms with Crippen LogP contribution in [-0.2, 0) is 16.4 Å². The monoisotopic (exact) mass is 452 g/mol. The van der Waals surface area contributed by atoms with Gasteiger partial charge in [-0.05, 0) is 55.2 Å². The SMILES string of the molecule is O=C(c1ccccc1SC(F)F)N1CCc2cc(S(=O)(=O)N3CCCCC3)ccc21. The lowest BCUT2D eigenvalue weighted by Gasteiger charge is -2.26. The summed E-state index contributed by atoms with van der Waals surface area (Å²) in [7, 11) is -3.55. The summed E-state index contributed by atoms with van der Waals surface area (Å²) in [6.07, 6.45) is 3.29. The normalized spacial score (nSPS) is 17.4. The molecule has 2 aromatic carbocycles. The Labute approximate surface area is 179 Å². The lowest BCUT2D eigenvalue weighted by Crippen LogP contribution is -2.35. The van der Waals surface area contributed by atoms with E-state index in [0.717, 1.165) is 24.8 Å². The molecule has 2 aliphatic heterocycles. The predicted molar refractivity (Wildman–Crippen MR) is 113 cm³/mol. The number of carbonyl (C=O) groups is 1. The van der Waals surface area contributed by atoms with Gasteiger partial charge in [-0.25, -0.2) is 8.42 Å². The first-order valence-electron chi connectivity index (χ1n) is 9.87. The molecule has 0 radical (unpaired) electrons. The average Bonchev–Trinajstić information content (AvgIpc) is 3.17. The van der Waals surface area contributed by atoms with Gasteiger partial charge in [0.05, 0.1) is 10.5 Å². The van der Waals surface area contributed by atoms with Gasteiger partial charge >= 0.3 is 0 Å². The smallest absolute Gasteiger partial charge is 0.288 e. The van der Waals surface area contributed by atoms with Gasteiger partial charge in [0.15, 0.2) is 0 Å². The van der Waals surface area contributed by atoms with Crippen LogP contribution in [0, 0.1) is 0 Å². The second-order valence-electron chi connectivity index (χ2n) is 7.34. The molecule has 160 valence electrons. The number of fused-ring (bicyclic) bond motifs is 1. The van der Waals surface area contributed by atoms with Crippen LogP contribution in [0.4, 0.5) is 14.5 Å². The minimum Gasteiger partial charge on any atom is -0.308 e. The average molecular weight is 453 g/mol. The van der Waals surface area contributed by atoms with Crippen LogP contribution in [0.2, 0.25) is 0 Å². The molecule has 30 heavy (non-hydrogen) atoms. The van der Waals surface area contributed by atoms with E-state index in [-0.39, 0.29) is 21.3 Å². The van der Waals surface area contributed by atoms with Crippen molar-refractivity contribution in [1.82, 2.24) is 4.31 Å². The third-order valence-corrected chi connectivity index (χ3v) is 8.16. The van der Waals surface area contributed by atoms with Gasteiger partial charge in [0.2, 0.25) is 10.0 Å². The summed E-state index contributed by atoms with van der Waals surface area (Å²) in [6.45, 7) is 1.44. The third-order valence-electron chi connectivity index (χ3n) is 5.48. The molecule has 0 saturated carbocycles. The van der Waals surface area contributed by atoms with Gasteiger partial charge in [-0.15, -0.1) is 0 Å². The van der Waals surface area contributed by atoms with Crippen molar-refractivity contribution < 1.29 is 22.0 Å². The Kier molecular flexibility index (Phi) is 6.13. The minimum atomic E-state index is -3.55. The molecule has 2 aromatic rings. The van der Waals surface area contributed by atoms with Crippen LogP contribution in [-0.4, -0.2) is 44.0 Å². The van der Waals surface area contributed by atoms with E-state index in [1.165, 1.54) is 21.3 Å². The number of carbonyl (C=O) groups excluding carboxylic acids is 1. The number of thioether (sulfide) groups is 1. The van der Waals surface area contributed by atoms with Gasteiger partial charge in [-0.1, -0.05) is 30.3 Å². The third kappa shape index (κ3) is 4.10. The van der Waals surface area contributed by atoms with E-state index in [0.29, 0.717) is 43.5 Å². The summed E-state index contributed by atoms with van der Waals surface area (Å²) in [4.78, 5) is 15.1. The van der Waals surface area contributed by atoms with E-state index in [1.807, 2.05) is 0 Å². The maximum atomic E-state index is 13.1. The van der Waals surface area contributed by atoms with Crippen molar-refractivity contribution in [1.29, 1.82) is 0 Å². The maximum Gasteiger partial charge on any atom is 0.288 e. The van der Waals surface area contributed by atoms with Crippen molar-refractivity contribution in [2.45, 2.75) is 41.2 Å². The molecular formula is C21H22F2N2O3S2. The van der Waals surface area contributed by atoms with Gasteiger partial charge in [0.25, 0.3) is 11.7 Å².